The van der Waals surface area contributed by atoms with Crippen LogP contribution in [0.5, 0.6) is 0 Å². The number of fused-ring (bicyclic) bond motifs is 1. The van der Waals surface area contributed by atoms with Crippen LogP contribution in [0.2, 0.25) is 0 Å². The molecule has 12 heteroatoms. The molecule has 0 aliphatic carbocycles. The highest BCUT2D eigenvalue weighted by atomic mass is 79.9. The summed E-state index contributed by atoms with van der Waals surface area (Å²) >= 11 is 6.60. The lowest BCUT2D eigenvalue weighted by Crippen LogP contribution is -2.12. The number of nitro benzene ring substituents is 2. The Morgan fingerprint density at radius 1 is 0.862 bits per heavy atom. The van der Waals surface area contributed by atoms with Gasteiger partial charge in [0.2, 0.25) is 0 Å². The van der Waals surface area contributed by atoms with Crippen LogP contribution in [0.25, 0.3) is 10.8 Å². The van der Waals surface area contributed by atoms with Gasteiger partial charge in [-0.3, -0.25) is 20.2 Å². The first-order valence-electron chi connectivity index (χ1n) is 7.68. The summed E-state index contributed by atoms with van der Waals surface area (Å²) in [6.07, 6.45) is -5.07. The van der Waals surface area contributed by atoms with Crippen molar-refractivity contribution in [3.63, 3.8) is 0 Å². The number of hydrogen-bond donors (Lipinski definition) is 1. The first-order chi connectivity index (χ1) is 13.5. The second kappa shape index (κ2) is 7.59. The van der Waals surface area contributed by atoms with E-state index in [4.69, 9.17) is 0 Å². The van der Waals surface area contributed by atoms with Gasteiger partial charge in [-0.15, -0.1) is 0 Å². The molecule has 0 aromatic heterocycles. The molecular formula is C17H8Br2F3N3O4. The Kier molecular flexibility index (Phi) is 5.50. The number of hydrogen-bond acceptors (Lipinski definition) is 5. The summed E-state index contributed by atoms with van der Waals surface area (Å²) < 4.78 is 41.8. The summed E-state index contributed by atoms with van der Waals surface area (Å²) in [4.78, 5) is 20.2. The van der Waals surface area contributed by atoms with E-state index >= 15 is 0 Å². The molecule has 0 heterocycles. The fraction of sp³-hybridized carbons (Fsp3) is 0.0588. The number of nitrogens with zero attached hydrogens (tertiary/aromatic N) is 2. The molecule has 0 radical (unpaired) electrons. The molecule has 3 aromatic rings. The van der Waals surface area contributed by atoms with Crippen molar-refractivity contribution in [1.82, 2.24) is 0 Å². The average Bonchev–Trinajstić information content (AvgIpc) is 2.63. The van der Waals surface area contributed by atoms with Gasteiger partial charge in [0, 0.05) is 20.4 Å². The van der Waals surface area contributed by atoms with Gasteiger partial charge in [0.15, 0.2) is 0 Å². The van der Waals surface area contributed by atoms with Crippen molar-refractivity contribution < 1.29 is 23.0 Å². The third-order valence-electron chi connectivity index (χ3n) is 4.01. The van der Waals surface area contributed by atoms with Gasteiger partial charge in [0.1, 0.15) is 5.69 Å². The molecule has 0 unspecified atom stereocenters. The normalized spacial score (nSPS) is 11.5. The zero-order valence-electron chi connectivity index (χ0n) is 14.0. The molecule has 3 aromatic carbocycles. The summed E-state index contributed by atoms with van der Waals surface area (Å²) in [5.74, 6) is 0. The van der Waals surface area contributed by atoms with Crippen molar-refractivity contribution >= 4 is 65.4 Å². The number of rotatable bonds is 4. The predicted molar refractivity (Wildman–Crippen MR) is 107 cm³/mol. The average molecular weight is 535 g/mol. The first-order valence-corrected chi connectivity index (χ1v) is 9.27. The van der Waals surface area contributed by atoms with E-state index < -0.39 is 38.6 Å². The number of alkyl halides is 3. The van der Waals surface area contributed by atoms with E-state index in [-0.39, 0.29) is 11.8 Å². The molecule has 29 heavy (non-hydrogen) atoms. The van der Waals surface area contributed by atoms with Crippen molar-refractivity contribution in [2.24, 2.45) is 0 Å². The fourth-order valence-electron chi connectivity index (χ4n) is 2.77. The quantitative estimate of drug-likeness (QED) is 0.288. The lowest BCUT2D eigenvalue weighted by Gasteiger charge is -2.17. The first kappa shape index (κ1) is 21.0. The zero-order valence-corrected chi connectivity index (χ0v) is 17.1. The van der Waals surface area contributed by atoms with Crippen LogP contribution in [0.4, 0.5) is 35.9 Å². The van der Waals surface area contributed by atoms with Crippen LogP contribution in [0, 0.1) is 20.2 Å². The fourth-order valence-corrected chi connectivity index (χ4v) is 4.19. The zero-order chi connectivity index (χ0) is 21.5. The van der Waals surface area contributed by atoms with E-state index in [1.54, 1.807) is 30.3 Å². The van der Waals surface area contributed by atoms with Crippen LogP contribution in [0.15, 0.2) is 51.4 Å². The van der Waals surface area contributed by atoms with Gasteiger partial charge in [-0.25, -0.2) is 0 Å². The lowest BCUT2D eigenvalue weighted by molar-refractivity contribution is -0.394. The third kappa shape index (κ3) is 4.03. The van der Waals surface area contributed by atoms with E-state index in [9.17, 15) is 33.4 Å². The van der Waals surface area contributed by atoms with Crippen LogP contribution < -0.4 is 5.32 Å². The largest absolute Gasteiger partial charge is 0.418 e. The van der Waals surface area contributed by atoms with Gasteiger partial charge < -0.3 is 5.32 Å². The summed E-state index contributed by atoms with van der Waals surface area (Å²) in [6, 6.07) is 9.05. The number of benzene rings is 3. The molecule has 0 aliphatic heterocycles. The molecule has 0 saturated carbocycles. The van der Waals surface area contributed by atoms with Crippen molar-refractivity contribution in [3.05, 3.63) is 77.2 Å². The Morgan fingerprint density at radius 3 is 2.03 bits per heavy atom. The molecule has 0 saturated heterocycles. The minimum Gasteiger partial charge on any atom is -0.348 e. The van der Waals surface area contributed by atoms with E-state index in [0.29, 0.717) is 25.8 Å². The minimum atomic E-state index is -5.07. The van der Waals surface area contributed by atoms with E-state index in [2.05, 4.69) is 37.2 Å². The number of anilines is 2. The van der Waals surface area contributed by atoms with Crippen molar-refractivity contribution in [3.8, 4) is 0 Å². The molecular weight excluding hydrogens is 527 g/mol. The maximum absolute atomic E-state index is 13.6. The third-order valence-corrected chi connectivity index (χ3v) is 5.29. The molecule has 0 amide bonds. The molecule has 0 atom stereocenters. The van der Waals surface area contributed by atoms with Gasteiger partial charge in [0.25, 0.3) is 11.4 Å². The van der Waals surface area contributed by atoms with E-state index in [0.717, 1.165) is 0 Å². The highest BCUT2D eigenvalue weighted by molar-refractivity contribution is 9.11. The maximum atomic E-state index is 13.6. The maximum Gasteiger partial charge on any atom is 0.418 e. The highest BCUT2D eigenvalue weighted by Gasteiger charge is 2.40. The van der Waals surface area contributed by atoms with E-state index in [1.807, 2.05) is 0 Å². The standard InChI is InChI=1S/C17H8Br2F3N3O4/c18-12-7-13(19)15(10-4-2-1-3-9(10)12)23-16-11(17(20,21)22)5-8(24(26)27)6-14(16)25(28)29/h1-7,23H. The molecule has 0 bridgehead atoms. The Bertz CT molecular complexity index is 1170. The molecule has 7 nitrogen and oxygen atoms in total. The number of non-ortho nitro benzene ring substituents is 1. The van der Waals surface area contributed by atoms with Crippen LogP contribution in [-0.4, -0.2) is 9.85 Å². The van der Waals surface area contributed by atoms with Crippen LogP contribution in [-0.2, 0) is 6.18 Å². The Morgan fingerprint density at radius 2 is 1.48 bits per heavy atom. The van der Waals surface area contributed by atoms with E-state index in [1.165, 1.54) is 0 Å². The summed E-state index contributed by atoms with van der Waals surface area (Å²) in [6.45, 7) is 0. The lowest BCUT2D eigenvalue weighted by atomic mass is 10.1. The summed E-state index contributed by atoms with van der Waals surface area (Å²) in [7, 11) is 0. The van der Waals surface area contributed by atoms with Gasteiger partial charge >= 0.3 is 6.18 Å². The Hall–Kier alpha value is -2.73. The van der Waals surface area contributed by atoms with Crippen LogP contribution >= 0.6 is 31.9 Å². The van der Waals surface area contributed by atoms with Gasteiger partial charge in [-0.1, -0.05) is 40.2 Å². The molecule has 1 N–H and O–H groups in total. The van der Waals surface area contributed by atoms with Gasteiger partial charge in [-0.05, 0) is 27.4 Å². The predicted octanol–water partition coefficient (Wildman–Crippen LogP) is 6.94. The molecule has 0 fully saturated rings. The Labute approximate surface area is 177 Å². The topological polar surface area (TPSA) is 98.3 Å². The van der Waals surface area contributed by atoms with Crippen molar-refractivity contribution in [2.45, 2.75) is 6.18 Å². The molecule has 0 aliphatic rings. The van der Waals surface area contributed by atoms with Crippen LogP contribution in [0.3, 0.4) is 0 Å². The molecule has 0 spiro atoms. The molecule has 3 rings (SSSR count). The van der Waals surface area contributed by atoms with Gasteiger partial charge in [-0.2, -0.15) is 13.2 Å². The second-order valence-electron chi connectivity index (χ2n) is 5.79. The van der Waals surface area contributed by atoms with Crippen LogP contribution in [0.1, 0.15) is 5.56 Å². The number of nitro groups is 2. The van der Waals surface area contributed by atoms with Crippen molar-refractivity contribution in [2.75, 3.05) is 5.32 Å². The number of nitrogens with one attached hydrogen (secondary N) is 1. The summed E-state index contributed by atoms with van der Waals surface area (Å²) in [5.41, 5.74) is -4.36. The minimum absolute atomic E-state index is 0.145. The SMILES string of the molecule is O=[N+]([O-])c1cc([N+](=O)[O-])c(Nc2c(Br)cc(Br)c3ccccc23)c(C(F)(F)F)c1. The van der Waals surface area contributed by atoms with Gasteiger partial charge in [0.05, 0.1) is 27.2 Å². The summed E-state index contributed by atoms with van der Waals surface area (Å²) in [5, 5.41) is 26.0. The molecule has 150 valence electrons. The second-order valence-corrected chi connectivity index (χ2v) is 7.49. The number of halogens is 5. The Balaban J connectivity index is 2.34. The smallest absolute Gasteiger partial charge is 0.348 e. The van der Waals surface area contributed by atoms with Crippen molar-refractivity contribution in [1.29, 1.82) is 0 Å². The monoisotopic (exact) mass is 533 g/mol. The highest BCUT2D eigenvalue weighted by Crippen LogP contribution is 2.46.